The van der Waals surface area contributed by atoms with Crippen molar-refractivity contribution >= 4 is 12.1 Å². The van der Waals surface area contributed by atoms with E-state index >= 15 is 0 Å². The van der Waals surface area contributed by atoms with Crippen LogP contribution in [0.25, 0.3) is 0 Å². The first kappa shape index (κ1) is 15.1. The third-order valence-electron chi connectivity index (χ3n) is 3.59. The topological polar surface area (TPSA) is 90.3 Å². The zero-order valence-corrected chi connectivity index (χ0v) is 12.1. The van der Waals surface area contributed by atoms with Crippen LogP contribution in [0.15, 0.2) is 0 Å². The summed E-state index contributed by atoms with van der Waals surface area (Å²) in [5, 5.41) is 18.7. The molecule has 0 spiro atoms. The number of likely N-dealkylation sites (tertiary alicyclic amines) is 2. The number of aliphatic hydroxyl groups is 1. The van der Waals surface area contributed by atoms with Gasteiger partial charge in [0.25, 0.3) is 0 Å². The van der Waals surface area contributed by atoms with Crippen LogP contribution in [-0.4, -0.2) is 75.5 Å². The molecule has 1 amide bonds. The lowest BCUT2D eigenvalue weighted by molar-refractivity contribution is -0.144. The van der Waals surface area contributed by atoms with Gasteiger partial charge in [0.15, 0.2) is 0 Å². The van der Waals surface area contributed by atoms with Gasteiger partial charge in [0.05, 0.1) is 6.10 Å². The van der Waals surface area contributed by atoms with Crippen molar-refractivity contribution in [3.8, 4) is 0 Å². The summed E-state index contributed by atoms with van der Waals surface area (Å²) < 4.78 is 5.25. The minimum Gasteiger partial charge on any atom is -0.480 e. The number of carboxylic acid groups (broad SMARTS) is 1. The first-order valence-corrected chi connectivity index (χ1v) is 6.82. The second-order valence-corrected chi connectivity index (χ2v) is 6.48. The maximum Gasteiger partial charge on any atom is 0.410 e. The van der Waals surface area contributed by atoms with Gasteiger partial charge < -0.3 is 19.8 Å². The number of amides is 1. The molecule has 0 bridgehead atoms. The molecule has 0 aliphatic carbocycles. The number of rotatable bonds is 2. The van der Waals surface area contributed by atoms with E-state index in [1.165, 1.54) is 0 Å². The Kier molecular flexibility index (Phi) is 3.93. The molecule has 2 unspecified atom stereocenters. The average molecular weight is 286 g/mol. The van der Waals surface area contributed by atoms with Crippen LogP contribution < -0.4 is 0 Å². The van der Waals surface area contributed by atoms with E-state index in [0.717, 1.165) is 0 Å². The molecule has 2 rings (SSSR count). The first-order chi connectivity index (χ1) is 9.17. The Balaban J connectivity index is 1.87. The standard InChI is InChI=1S/C13H22N2O5/c1-13(2,3)20-12(19)14-5-8(6-14)15-7-9(16)4-10(15)11(17)18/h8-10,16H,4-7H2,1-3H3,(H,17,18). The molecule has 2 N–H and O–H groups in total. The monoisotopic (exact) mass is 286 g/mol. The molecule has 0 aromatic carbocycles. The summed E-state index contributed by atoms with van der Waals surface area (Å²) in [6.45, 7) is 6.67. The number of carboxylic acids is 1. The van der Waals surface area contributed by atoms with Gasteiger partial charge in [-0.15, -0.1) is 0 Å². The Morgan fingerprint density at radius 2 is 1.80 bits per heavy atom. The highest BCUT2D eigenvalue weighted by molar-refractivity contribution is 5.74. The van der Waals surface area contributed by atoms with Gasteiger partial charge in [0, 0.05) is 32.1 Å². The average Bonchev–Trinajstić information content (AvgIpc) is 2.55. The van der Waals surface area contributed by atoms with Gasteiger partial charge >= 0.3 is 12.1 Å². The molecular weight excluding hydrogens is 264 g/mol. The van der Waals surface area contributed by atoms with E-state index in [9.17, 15) is 14.7 Å². The third-order valence-corrected chi connectivity index (χ3v) is 3.59. The van der Waals surface area contributed by atoms with Crippen LogP contribution >= 0.6 is 0 Å². The van der Waals surface area contributed by atoms with E-state index in [1.807, 2.05) is 0 Å². The minimum absolute atomic E-state index is 0.0132. The Bertz CT molecular complexity index is 400. The van der Waals surface area contributed by atoms with Crippen molar-refractivity contribution in [3.05, 3.63) is 0 Å². The summed E-state index contributed by atoms with van der Waals surface area (Å²) >= 11 is 0. The molecule has 0 aromatic heterocycles. The second-order valence-electron chi connectivity index (χ2n) is 6.48. The molecule has 2 saturated heterocycles. The molecule has 2 aliphatic heterocycles. The number of aliphatic hydroxyl groups excluding tert-OH is 1. The van der Waals surface area contributed by atoms with E-state index in [2.05, 4.69) is 0 Å². The number of carbonyl (C=O) groups is 2. The predicted octanol–water partition coefficient (Wildman–Crippen LogP) is 0.125. The smallest absolute Gasteiger partial charge is 0.410 e. The molecule has 2 heterocycles. The summed E-state index contributed by atoms with van der Waals surface area (Å²) in [6, 6.07) is -0.670. The van der Waals surface area contributed by atoms with E-state index in [1.54, 1.807) is 30.6 Å². The number of β-amino-alcohol motifs (C(OH)–C–C–N with tert-alkyl or cyclic N) is 1. The van der Waals surface area contributed by atoms with Gasteiger partial charge in [-0.3, -0.25) is 9.69 Å². The zero-order valence-electron chi connectivity index (χ0n) is 12.1. The normalized spacial score (nSPS) is 28.3. The highest BCUT2D eigenvalue weighted by Crippen LogP contribution is 2.26. The molecule has 2 aliphatic rings. The predicted molar refractivity (Wildman–Crippen MR) is 70.3 cm³/mol. The summed E-state index contributed by atoms with van der Waals surface area (Å²) in [5.74, 6) is -0.919. The zero-order chi connectivity index (χ0) is 15.1. The highest BCUT2D eigenvalue weighted by Gasteiger charge is 2.45. The fourth-order valence-corrected chi connectivity index (χ4v) is 2.63. The van der Waals surface area contributed by atoms with Crippen molar-refractivity contribution in [1.29, 1.82) is 0 Å². The molecule has 114 valence electrons. The molecule has 0 radical (unpaired) electrons. The number of hydrogen-bond donors (Lipinski definition) is 2. The van der Waals surface area contributed by atoms with Crippen molar-refractivity contribution in [2.75, 3.05) is 19.6 Å². The van der Waals surface area contributed by atoms with Gasteiger partial charge in [0.2, 0.25) is 0 Å². The molecule has 2 fully saturated rings. The first-order valence-electron chi connectivity index (χ1n) is 6.82. The molecular formula is C13H22N2O5. The van der Waals surface area contributed by atoms with E-state index in [-0.39, 0.29) is 18.6 Å². The quantitative estimate of drug-likeness (QED) is 0.749. The maximum atomic E-state index is 11.8. The molecule has 0 saturated carbocycles. The van der Waals surface area contributed by atoms with Crippen molar-refractivity contribution in [3.63, 3.8) is 0 Å². The number of nitrogens with zero attached hydrogens (tertiary/aromatic N) is 2. The lowest BCUT2D eigenvalue weighted by Gasteiger charge is -2.45. The van der Waals surface area contributed by atoms with Crippen LogP contribution in [0.5, 0.6) is 0 Å². The van der Waals surface area contributed by atoms with Crippen LogP contribution in [0, 0.1) is 0 Å². The van der Waals surface area contributed by atoms with Gasteiger partial charge in [-0.05, 0) is 20.8 Å². The van der Waals surface area contributed by atoms with Gasteiger partial charge in [-0.2, -0.15) is 0 Å². The summed E-state index contributed by atoms with van der Waals surface area (Å²) in [5.41, 5.74) is -0.532. The Morgan fingerprint density at radius 3 is 2.30 bits per heavy atom. The minimum atomic E-state index is -0.919. The molecule has 7 nitrogen and oxygen atoms in total. The van der Waals surface area contributed by atoms with Gasteiger partial charge in [-0.25, -0.2) is 4.79 Å². The van der Waals surface area contributed by atoms with Crippen molar-refractivity contribution in [1.82, 2.24) is 9.80 Å². The van der Waals surface area contributed by atoms with Crippen LogP contribution in [0.4, 0.5) is 4.79 Å². The van der Waals surface area contributed by atoms with E-state index < -0.39 is 23.7 Å². The van der Waals surface area contributed by atoms with Crippen LogP contribution in [0.2, 0.25) is 0 Å². The Labute approximate surface area is 118 Å². The lowest BCUT2D eigenvalue weighted by Crippen LogP contribution is -2.63. The van der Waals surface area contributed by atoms with Crippen LogP contribution in [0.1, 0.15) is 27.2 Å². The summed E-state index contributed by atoms with van der Waals surface area (Å²) in [4.78, 5) is 26.3. The van der Waals surface area contributed by atoms with Crippen LogP contribution in [0.3, 0.4) is 0 Å². The number of ether oxygens (including phenoxy) is 1. The largest absolute Gasteiger partial charge is 0.480 e. The Hall–Kier alpha value is -1.34. The maximum absolute atomic E-state index is 11.8. The number of carbonyl (C=O) groups excluding carboxylic acids is 1. The van der Waals surface area contributed by atoms with Crippen molar-refractivity contribution in [2.45, 2.75) is 51.0 Å². The number of hydrogen-bond acceptors (Lipinski definition) is 5. The summed E-state index contributed by atoms with van der Waals surface area (Å²) in [7, 11) is 0. The third kappa shape index (κ3) is 3.21. The van der Waals surface area contributed by atoms with Crippen LogP contribution in [-0.2, 0) is 9.53 Å². The van der Waals surface area contributed by atoms with Crippen molar-refractivity contribution < 1.29 is 24.5 Å². The molecule has 0 aromatic rings. The molecule has 20 heavy (non-hydrogen) atoms. The van der Waals surface area contributed by atoms with Crippen molar-refractivity contribution in [2.24, 2.45) is 0 Å². The van der Waals surface area contributed by atoms with Gasteiger partial charge in [0.1, 0.15) is 11.6 Å². The highest BCUT2D eigenvalue weighted by atomic mass is 16.6. The number of aliphatic carboxylic acids is 1. The second kappa shape index (κ2) is 5.21. The summed E-state index contributed by atoms with van der Waals surface area (Å²) in [6.07, 6.45) is -0.731. The molecule has 2 atom stereocenters. The lowest BCUT2D eigenvalue weighted by atomic mass is 10.1. The van der Waals surface area contributed by atoms with E-state index in [0.29, 0.717) is 19.6 Å². The Morgan fingerprint density at radius 1 is 1.20 bits per heavy atom. The fourth-order valence-electron chi connectivity index (χ4n) is 2.63. The SMILES string of the molecule is CC(C)(C)OC(=O)N1CC(N2CC(O)CC2C(=O)O)C1. The van der Waals surface area contributed by atoms with Gasteiger partial charge in [-0.1, -0.05) is 0 Å². The van der Waals surface area contributed by atoms with E-state index in [4.69, 9.17) is 9.84 Å². The molecule has 7 heteroatoms. The fraction of sp³-hybridized carbons (Fsp3) is 0.846.